The van der Waals surface area contributed by atoms with Gasteiger partial charge in [0, 0.05) is 0 Å². The zero-order chi connectivity index (χ0) is 16.9. The van der Waals surface area contributed by atoms with Crippen molar-refractivity contribution < 1.29 is 4.79 Å². The standard InChI is InChI=1S/C19H22N4O/c1-2-17-16(13-20)19(23(22-17)15-10-6-7-11-15)21-18(24)12-14-8-4-3-5-9-14/h3-5,8-9,15H,2,6-7,10-12H2,1H3,(H,21,24). The molecule has 5 heteroatoms. The number of nitriles is 1. The molecule has 1 aromatic heterocycles. The fraction of sp³-hybridized carbons (Fsp3) is 0.421. The summed E-state index contributed by atoms with van der Waals surface area (Å²) in [5.74, 6) is 0.460. The predicted molar refractivity (Wildman–Crippen MR) is 92.6 cm³/mol. The zero-order valence-corrected chi connectivity index (χ0v) is 14.0. The number of amides is 1. The molecule has 24 heavy (non-hydrogen) atoms. The molecule has 3 rings (SSSR count). The van der Waals surface area contributed by atoms with Crippen LogP contribution in [-0.2, 0) is 17.6 Å². The van der Waals surface area contributed by atoms with Crippen LogP contribution in [0.15, 0.2) is 30.3 Å². The van der Waals surface area contributed by atoms with Gasteiger partial charge < -0.3 is 5.32 Å². The number of nitrogens with one attached hydrogen (secondary N) is 1. The maximum Gasteiger partial charge on any atom is 0.229 e. The fourth-order valence-electron chi connectivity index (χ4n) is 3.34. The summed E-state index contributed by atoms with van der Waals surface area (Å²) in [6.07, 6.45) is 5.43. The normalized spacial score (nSPS) is 14.5. The second-order valence-electron chi connectivity index (χ2n) is 6.23. The highest BCUT2D eigenvalue weighted by Crippen LogP contribution is 2.34. The van der Waals surface area contributed by atoms with Crippen LogP contribution in [-0.4, -0.2) is 15.7 Å². The summed E-state index contributed by atoms with van der Waals surface area (Å²) in [5, 5.41) is 17.1. The molecule has 1 saturated carbocycles. The summed E-state index contributed by atoms with van der Waals surface area (Å²) in [6, 6.07) is 12.1. The molecule has 0 aliphatic heterocycles. The highest BCUT2D eigenvalue weighted by atomic mass is 16.1. The van der Waals surface area contributed by atoms with E-state index in [0.717, 1.165) is 24.1 Å². The van der Waals surface area contributed by atoms with Crippen LogP contribution in [0.1, 0.15) is 55.5 Å². The van der Waals surface area contributed by atoms with Gasteiger partial charge >= 0.3 is 0 Å². The molecule has 2 aromatic rings. The number of hydrogen-bond donors (Lipinski definition) is 1. The molecule has 1 aromatic carbocycles. The molecule has 124 valence electrons. The van der Waals surface area contributed by atoms with Crippen molar-refractivity contribution in [2.24, 2.45) is 0 Å². The van der Waals surface area contributed by atoms with Gasteiger partial charge in [0.2, 0.25) is 5.91 Å². The van der Waals surface area contributed by atoms with Crippen molar-refractivity contribution in [1.82, 2.24) is 9.78 Å². The number of rotatable bonds is 5. The van der Waals surface area contributed by atoms with Gasteiger partial charge in [0.1, 0.15) is 17.5 Å². The van der Waals surface area contributed by atoms with Gasteiger partial charge in [-0.15, -0.1) is 0 Å². The highest BCUT2D eigenvalue weighted by Gasteiger charge is 2.26. The van der Waals surface area contributed by atoms with Crippen molar-refractivity contribution in [1.29, 1.82) is 5.26 Å². The molecule has 1 aliphatic carbocycles. The van der Waals surface area contributed by atoms with Crippen LogP contribution in [0.3, 0.4) is 0 Å². The van der Waals surface area contributed by atoms with E-state index in [-0.39, 0.29) is 11.9 Å². The minimum Gasteiger partial charge on any atom is -0.309 e. The molecular weight excluding hydrogens is 300 g/mol. The number of aromatic nitrogens is 2. The molecule has 1 N–H and O–H groups in total. The maximum atomic E-state index is 12.5. The van der Waals surface area contributed by atoms with Gasteiger partial charge in [0.25, 0.3) is 0 Å². The Balaban J connectivity index is 1.86. The highest BCUT2D eigenvalue weighted by molar-refractivity contribution is 5.92. The molecule has 1 amide bonds. The van der Waals surface area contributed by atoms with Crippen LogP contribution in [0.25, 0.3) is 0 Å². The molecule has 0 unspecified atom stereocenters. The Morgan fingerprint density at radius 2 is 2.04 bits per heavy atom. The summed E-state index contributed by atoms with van der Waals surface area (Å²) in [6.45, 7) is 1.98. The molecule has 5 nitrogen and oxygen atoms in total. The first-order valence-electron chi connectivity index (χ1n) is 8.58. The maximum absolute atomic E-state index is 12.5. The largest absolute Gasteiger partial charge is 0.309 e. The van der Waals surface area contributed by atoms with Crippen molar-refractivity contribution in [2.45, 2.75) is 51.5 Å². The monoisotopic (exact) mass is 322 g/mol. The Bertz CT molecular complexity index is 752. The smallest absolute Gasteiger partial charge is 0.229 e. The number of hydrogen-bond acceptors (Lipinski definition) is 3. The minimum absolute atomic E-state index is 0.112. The molecule has 1 fully saturated rings. The van der Waals surface area contributed by atoms with Gasteiger partial charge in [-0.25, -0.2) is 4.68 Å². The van der Waals surface area contributed by atoms with Crippen molar-refractivity contribution >= 4 is 11.7 Å². The Labute approximate surface area is 142 Å². The molecule has 0 atom stereocenters. The summed E-state index contributed by atoms with van der Waals surface area (Å²) in [5.41, 5.74) is 2.22. The van der Waals surface area contributed by atoms with Crippen LogP contribution in [0.2, 0.25) is 0 Å². The number of anilines is 1. The summed E-state index contributed by atoms with van der Waals surface area (Å²) >= 11 is 0. The number of benzene rings is 1. The number of carbonyl (C=O) groups is 1. The number of carbonyl (C=O) groups excluding carboxylic acids is 1. The van der Waals surface area contributed by atoms with E-state index in [1.165, 1.54) is 12.8 Å². The van der Waals surface area contributed by atoms with Crippen molar-refractivity contribution in [3.05, 3.63) is 47.2 Å². The molecular formula is C19H22N4O. The van der Waals surface area contributed by atoms with Crippen LogP contribution in [0.4, 0.5) is 5.82 Å². The lowest BCUT2D eigenvalue weighted by Crippen LogP contribution is -2.19. The van der Waals surface area contributed by atoms with Crippen LogP contribution in [0.5, 0.6) is 0 Å². The van der Waals surface area contributed by atoms with Crippen molar-refractivity contribution in [3.8, 4) is 6.07 Å². The topological polar surface area (TPSA) is 70.7 Å². The second-order valence-corrected chi connectivity index (χ2v) is 6.23. The van der Waals surface area contributed by atoms with Crippen LogP contribution >= 0.6 is 0 Å². The lowest BCUT2D eigenvalue weighted by atomic mass is 10.1. The van der Waals surface area contributed by atoms with Crippen LogP contribution in [0, 0.1) is 11.3 Å². The fourth-order valence-corrected chi connectivity index (χ4v) is 3.34. The van der Waals surface area contributed by atoms with E-state index in [2.05, 4.69) is 16.5 Å². The van der Waals surface area contributed by atoms with Gasteiger partial charge in [-0.2, -0.15) is 10.4 Å². The van der Waals surface area contributed by atoms with E-state index in [4.69, 9.17) is 0 Å². The third-order valence-corrected chi connectivity index (χ3v) is 4.57. The lowest BCUT2D eigenvalue weighted by Gasteiger charge is -2.15. The van der Waals surface area contributed by atoms with Gasteiger partial charge in [0.15, 0.2) is 0 Å². The average Bonchev–Trinajstić information content (AvgIpc) is 3.23. The molecule has 0 bridgehead atoms. The third kappa shape index (κ3) is 3.33. The van der Waals surface area contributed by atoms with Gasteiger partial charge in [-0.3, -0.25) is 4.79 Å². The predicted octanol–water partition coefficient (Wildman–Crippen LogP) is 3.61. The Hall–Kier alpha value is -2.61. The molecule has 1 heterocycles. The molecule has 1 aliphatic rings. The van der Waals surface area contributed by atoms with E-state index >= 15 is 0 Å². The molecule has 0 spiro atoms. The first-order chi connectivity index (χ1) is 11.7. The third-order valence-electron chi connectivity index (χ3n) is 4.57. The first kappa shape index (κ1) is 16.3. The van der Waals surface area contributed by atoms with Crippen LogP contribution < -0.4 is 5.32 Å². The van der Waals surface area contributed by atoms with E-state index in [9.17, 15) is 10.1 Å². The summed E-state index contributed by atoms with van der Waals surface area (Å²) in [7, 11) is 0. The average molecular weight is 322 g/mol. The van der Waals surface area contributed by atoms with E-state index in [0.29, 0.717) is 24.2 Å². The van der Waals surface area contributed by atoms with Gasteiger partial charge in [-0.05, 0) is 24.8 Å². The Kier molecular flexibility index (Phi) is 4.95. The SMILES string of the molecule is CCc1nn(C2CCCC2)c(NC(=O)Cc2ccccc2)c1C#N. The Morgan fingerprint density at radius 3 is 2.67 bits per heavy atom. The number of nitrogens with zero attached hydrogens (tertiary/aromatic N) is 3. The van der Waals surface area contributed by atoms with E-state index < -0.39 is 0 Å². The minimum atomic E-state index is -0.112. The summed E-state index contributed by atoms with van der Waals surface area (Å²) < 4.78 is 1.88. The van der Waals surface area contributed by atoms with E-state index in [1.807, 2.05) is 41.9 Å². The quantitative estimate of drug-likeness (QED) is 0.914. The second kappa shape index (κ2) is 7.31. The molecule has 0 saturated heterocycles. The molecule has 0 radical (unpaired) electrons. The van der Waals surface area contributed by atoms with Crippen molar-refractivity contribution in [2.75, 3.05) is 5.32 Å². The van der Waals surface area contributed by atoms with Crippen molar-refractivity contribution in [3.63, 3.8) is 0 Å². The summed E-state index contributed by atoms with van der Waals surface area (Å²) in [4.78, 5) is 12.5. The first-order valence-corrected chi connectivity index (χ1v) is 8.58. The van der Waals surface area contributed by atoms with Gasteiger partial charge in [0.05, 0.1) is 18.2 Å². The van der Waals surface area contributed by atoms with E-state index in [1.54, 1.807) is 0 Å². The zero-order valence-electron chi connectivity index (χ0n) is 14.0. The van der Waals surface area contributed by atoms with Gasteiger partial charge in [-0.1, -0.05) is 50.1 Å². The number of aryl methyl sites for hydroxylation is 1. The Morgan fingerprint density at radius 1 is 1.33 bits per heavy atom. The lowest BCUT2D eigenvalue weighted by molar-refractivity contribution is -0.115.